The molecule has 0 spiro atoms. The van der Waals surface area contributed by atoms with Gasteiger partial charge in [0.25, 0.3) is 0 Å². The van der Waals surface area contributed by atoms with Crippen LogP contribution in [0.25, 0.3) is 26.9 Å². The lowest BCUT2D eigenvalue weighted by atomic mass is 10.3. The quantitative estimate of drug-likeness (QED) is 0.435. The van der Waals surface area contributed by atoms with Gasteiger partial charge < -0.3 is 14.4 Å². The summed E-state index contributed by atoms with van der Waals surface area (Å²) < 4.78 is 30.5. The fraction of sp³-hybridized carbons (Fsp3) is 0.211. The molecule has 0 aliphatic rings. The fourth-order valence-electron chi connectivity index (χ4n) is 3.26. The zero-order valence-corrected chi connectivity index (χ0v) is 14.2. The van der Waals surface area contributed by atoms with E-state index in [1.54, 1.807) is 6.07 Å². The number of fused-ring (bicyclic) bond motifs is 2. The molecule has 0 aliphatic carbocycles. The highest BCUT2D eigenvalue weighted by molar-refractivity contribution is 5.77. The topological polar surface area (TPSA) is 60.0 Å². The number of H-pyrrole nitrogens is 1. The maximum absolute atomic E-state index is 13.6. The first-order valence-corrected chi connectivity index (χ1v) is 8.43. The largest absolute Gasteiger partial charge is 0.326 e. The van der Waals surface area contributed by atoms with Crippen molar-refractivity contribution in [3.63, 3.8) is 0 Å². The molecular formula is C19H15F2N5O. The molecule has 0 aliphatic heterocycles. The summed E-state index contributed by atoms with van der Waals surface area (Å²) in [6.45, 7) is 7.93. The van der Waals surface area contributed by atoms with E-state index >= 15 is 0 Å². The van der Waals surface area contributed by atoms with Gasteiger partial charge in [0.15, 0.2) is 0 Å². The predicted molar refractivity (Wildman–Crippen MR) is 97.4 cm³/mol. The molecule has 0 bridgehead atoms. The smallest absolute Gasteiger partial charge is 0.326 e. The van der Waals surface area contributed by atoms with E-state index in [2.05, 4.69) is 14.8 Å². The number of aromatic nitrogens is 4. The number of nitrogens with zero attached hydrogens (tertiary/aromatic N) is 4. The Bertz CT molecular complexity index is 1240. The van der Waals surface area contributed by atoms with Crippen molar-refractivity contribution < 1.29 is 8.78 Å². The van der Waals surface area contributed by atoms with E-state index in [1.165, 1.54) is 34.9 Å². The van der Waals surface area contributed by atoms with E-state index in [1.807, 2.05) is 4.57 Å². The highest BCUT2D eigenvalue weighted by Crippen LogP contribution is 2.20. The number of imidazole rings is 2. The van der Waals surface area contributed by atoms with Gasteiger partial charge in [-0.25, -0.2) is 25.1 Å². The predicted octanol–water partition coefficient (Wildman–Crippen LogP) is 3.32. The van der Waals surface area contributed by atoms with Gasteiger partial charge >= 0.3 is 5.69 Å². The number of aromatic amines is 1. The Kier molecular flexibility index (Phi) is 4.20. The van der Waals surface area contributed by atoms with Gasteiger partial charge in [-0.15, -0.1) is 0 Å². The first-order chi connectivity index (χ1) is 13.1. The maximum atomic E-state index is 13.6. The van der Waals surface area contributed by atoms with Crippen LogP contribution in [0.1, 0.15) is 12.2 Å². The Morgan fingerprint density at radius 1 is 1.07 bits per heavy atom. The third-order valence-electron chi connectivity index (χ3n) is 4.48. The van der Waals surface area contributed by atoms with Crippen molar-refractivity contribution in [1.29, 1.82) is 0 Å². The van der Waals surface area contributed by atoms with Gasteiger partial charge in [-0.2, -0.15) is 0 Å². The van der Waals surface area contributed by atoms with Gasteiger partial charge in [0.1, 0.15) is 17.5 Å². The summed E-state index contributed by atoms with van der Waals surface area (Å²) >= 11 is 0. The second-order valence-corrected chi connectivity index (χ2v) is 6.23. The van der Waals surface area contributed by atoms with Gasteiger partial charge in [0, 0.05) is 19.0 Å². The average Bonchev–Trinajstić information content (AvgIpc) is 3.13. The summed E-state index contributed by atoms with van der Waals surface area (Å²) in [4.78, 5) is 22.9. The molecule has 0 radical (unpaired) electrons. The molecule has 1 N–H and O–H groups in total. The van der Waals surface area contributed by atoms with Crippen LogP contribution in [-0.4, -0.2) is 25.6 Å². The van der Waals surface area contributed by atoms with Crippen LogP contribution in [0.15, 0.2) is 41.2 Å². The lowest BCUT2D eigenvalue weighted by Gasteiger charge is -2.08. The van der Waals surface area contributed by atoms with Crippen LogP contribution < -0.4 is 5.69 Å². The highest BCUT2D eigenvalue weighted by atomic mass is 19.1. The first-order valence-electron chi connectivity index (χ1n) is 8.43. The second kappa shape index (κ2) is 6.68. The number of hydrogen-bond donors (Lipinski definition) is 1. The van der Waals surface area contributed by atoms with Gasteiger partial charge in [-0.3, -0.25) is 4.57 Å². The lowest BCUT2D eigenvalue weighted by Crippen LogP contribution is -2.20. The summed E-state index contributed by atoms with van der Waals surface area (Å²) in [5, 5.41) is 0. The molecular weight excluding hydrogens is 352 g/mol. The Balaban J connectivity index is 1.83. The first kappa shape index (κ1) is 17.0. The molecule has 8 heteroatoms. The van der Waals surface area contributed by atoms with Crippen LogP contribution in [0.3, 0.4) is 0 Å². The van der Waals surface area contributed by atoms with Crippen LogP contribution in [0.2, 0.25) is 0 Å². The Labute approximate surface area is 152 Å². The third-order valence-corrected chi connectivity index (χ3v) is 4.48. The molecule has 0 amide bonds. The average molecular weight is 367 g/mol. The molecule has 2 aromatic carbocycles. The van der Waals surface area contributed by atoms with Crippen LogP contribution >= 0.6 is 0 Å². The minimum absolute atomic E-state index is 0.108. The Morgan fingerprint density at radius 2 is 1.85 bits per heavy atom. The van der Waals surface area contributed by atoms with E-state index < -0.39 is 11.6 Å². The number of hydrogen-bond acceptors (Lipinski definition) is 2. The van der Waals surface area contributed by atoms with Crippen molar-refractivity contribution >= 4 is 22.1 Å². The van der Waals surface area contributed by atoms with Crippen LogP contribution in [-0.2, 0) is 13.1 Å². The normalized spacial score (nSPS) is 11.3. The third kappa shape index (κ3) is 3.08. The zero-order valence-electron chi connectivity index (χ0n) is 14.2. The number of halogens is 2. The van der Waals surface area contributed by atoms with Crippen LogP contribution in [0, 0.1) is 18.2 Å². The summed E-state index contributed by atoms with van der Waals surface area (Å²) in [5.41, 5.74) is 1.80. The SMILES string of the molecule is [C-]#[N+]CCCn1c(Cn2c(=O)[nH]c3ccc(F)cc32)nc2cc(F)ccc21. The van der Waals surface area contributed by atoms with Crippen molar-refractivity contribution in [2.75, 3.05) is 6.54 Å². The van der Waals surface area contributed by atoms with E-state index in [4.69, 9.17) is 6.57 Å². The van der Waals surface area contributed by atoms with Crippen molar-refractivity contribution in [2.24, 2.45) is 0 Å². The molecule has 4 rings (SSSR count). The lowest BCUT2D eigenvalue weighted by molar-refractivity contribution is 0.615. The Morgan fingerprint density at radius 3 is 2.67 bits per heavy atom. The van der Waals surface area contributed by atoms with E-state index in [-0.39, 0.29) is 12.2 Å². The molecule has 27 heavy (non-hydrogen) atoms. The summed E-state index contributed by atoms with van der Waals surface area (Å²) in [6.07, 6.45) is 0.608. The molecule has 0 atom stereocenters. The summed E-state index contributed by atoms with van der Waals surface area (Å²) in [5.74, 6) is -0.290. The van der Waals surface area contributed by atoms with Crippen LogP contribution in [0.4, 0.5) is 8.78 Å². The second-order valence-electron chi connectivity index (χ2n) is 6.23. The van der Waals surface area contributed by atoms with Crippen molar-refractivity contribution in [3.8, 4) is 0 Å². The molecule has 0 fully saturated rings. The van der Waals surface area contributed by atoms with Crippen molar-refractivity contribution in [3.05, 3.63) is 75.8 Å². The molecule has 2 aromatic heterocycles. The van der Waals surface area contributed by atoms with Gasteiger partial charge in [0.2, 0.25) is 6.54 Å². The van der Waals surface area contributed by atoms with Gasteiger partial charge in [-0.1, -0.05) is 0 Å². The molecule has 136 valence electrons. The molecule has 0 saturated heterocycles. The summed E-state index contributed by atoms with van der Waals surface area (Å²) in [7, 11) is 0. The van der Waals surface area contributed by atoms with E-state index in [0.29, 0.717) is 41.9 Å². The minimum atomic E-state index is -0.442. The molecule has 0 unspecified atom stereocenters. The van der Waals surface area contributed by atoms with E-state index in [0.717, 1.165) is 5.52 Å². The number of aryl methyl sites for hydroxylation is 1. The van der Waals surface area contributed by atoms with E-state index in [9.17, 15) is 13.6 Å². The van der Waals surface area contributed by atoms with Crippen molar-refractivity contribution in [2.45, 2.75) is 19.5 Å². The molecule has 4 aromatic rings. The molecule has 0 saturated carbocycles. The Hall–Kier alpha value is -3.47. The monoisotopic (exact) mass is 367 g/mol. The molecule has 6 nitrogen and oxygen atoms in total. The summed E-state index contributed by atoms with van der Waals surface area (Å²) in [6, 6.07) is 8.41. The van der Waals surface area contributed by atoms with Gasteiger partial charge in [-0.05, 0) is 30.3 Å². The van der Waals surface area contributed by atoms with Crippen LogP contribution in [0.5, 0.6) is 0 Å². The fourth-order valence-corrected chi connectivity index (χ4v) is 3.26. The van der Waals surface area contributed by atoms with Gasteiger partial charge in [0.05, 0.1) is 28.6 Å². The minimum Gasteiger partial charge on any atom is -0.326 e. The zero-order chi connectivity index (χ0) is 19.0. The highest BCUT2D eigenvalue weighted by Gasteiger charge is 2.15. The number of nitrogens with one attached hydrogen (secondary N) is 1. The van der Waals surface area contributed by atoms with Crippen molar-refractivity contribution in [1.82, 2.24) is 19.1 Å². The number of benzene rings is 2. The maximum Gasteiger partial charge on any atom is 0.326 e. The number of rotatable bonds is 5. The molecule has 2 heterocycles. The standard InChI is InChI=1S/C19H15F2N5O/c1-22-7-2-8-25-16-6-4-12(20)9-15(16)23-18(25)11-26-17-10-13(21)3-5-14(17)24-19(26)27/h3-6,9-10H,2,7-8,11H2,(H,24,27).